The van der Waals surface area contributed by atoms with Crippen molar-refractivity contribution in [1.29, 1.82) is 0 Å². The SMILES string of the molecule is CCc1ccc(Cl)cc1CC(C)N. The van der Waals surface area contributed by atoms with Gasteiger partial charge in [-0.1, -0.05) is 24.6 Å². The van der Waals surface area contributed by atoms with Crippen molar-refractivity contribution in [2.24, 2.45) is 5.73 Å². The number of hydrogen-bond acceptors (Lipinski definition) is 1. The van der Waals surface area contributed by atoms with E-state index in [9.17, 15) is 0 Å². The molecule has 0 aliphatic rings. The molecule has 2 N–H and O–H groups in total. The summed E-state index contributed by atoms with van der Waals surface area (Å²) >= 11 is 5.92. The summed E-state index contributed by atoms with van der Waals surface area (Å²) in [5, 5.41) is 0.799. The van der Waals surface area contributed by atoms with Crippen molar-refractivity contribution in [2.75, 3.05) is 0 Å². The van der Waals surface area contributed by atoms with Gasteiger partial charge in [0.25, 0.3) is 0 Å². The number of aryl methyl sites for hydroxylation is 1. The summed E-state index contributed by atoms with van der Waals surface area (Å²) in [7, 11) is 0. The van der Waals surface area contributed by atoms with Crippen LogP contribution in [-0.4, -0.2) is 6.04 Å². The molecule has 0 amide bonds. The second-order valence-electron chi connectivity index (χ2n) is 3.45. The van der Waals surface area contributed by atoms with Crippen molar-refractivity contribution in [3.63, 3.8) is 0 Å². The van der Waals surface area contributed by atoms with Crippen LogP contribution in [0.25, 0.3) is 0 Å². The van der Waals surface area contributed by atoms with Crippen LogP contribution in [0, 0.1) is 0 Å². The minimum atomic E-state index is 0.198. The lowest BCUT2D eigenvalue weighted by molar-refractivity contribution is 0.732. The molecule has 0 heterocycles. The highest BCUT2D eigenvalue weighted by Gasteiger charge is 2.03. The summed E-state index contributed by atoms with van der Waals surface area (Å²) in [6.07, 6.45) is 1.95. The fraction of sp³-hybridized carbons (Fsp3) is 0.455. The minimum absolute atomic E-state index is 0.198. The summed E-state index contributed by atoms with van der Waals surface area (Å²) < 4.78 is 0. The third-order valence-corrected chi connectivity index (χ3v) is 2.33. The fourth-order valence-electron chi connectivity index (χ4n) is 1.48. The first-order valence-electron chi connectivity index (χ1n) is 4.66. The summed E-state index contributed by atoms with van der Waals surface area (Å²) in [6.45, 7) is 4.16. The molecule has 0 fully saturated rings. The van der Waals surface area contributed by atoms with Crippen LogP contribution in [0.15, 0.2) is 18.2 Å². The molecule has 1 unspecified atom stereocenters. The third-order valence-electron chi connectivity index (χ3n) is 2.09. The van der Waals surface area contributed by atoms with E-state index in [4.69, 9.17) is 17.3 Å². The van der Waals surface area contributed by atoms with Gasteiger partial charge in [-0.25, -0.2) is 0 Å². The molecule has 2 heteroatoms. The molecule has 1 aromatic carbocycles. The summed E-state index contributed by atoms with van der Waals surface area (Å²) in [6, 6.07) is 6.23. The Labute approximate surface area is 84.9 Å². The summed E-state index contributed by atoms with van der Waals surface area (Å²) in [5.41, 5.74) is 8.39. The molecule has 0 saturated heterocycles. The van der Waals surface area contributed by atoms with Gasteiger partial charge in [-0.2, -0.15) is 0 Å². The zero-order chi connectivity index (χ0) is 9.84. The van der Waals surface area contributed by atoms with Crippen molar-refractivity contribution >= 4 is 11.6 Å². The molecule has 0 aromatic heterocycles. The first-order chi connectivity index (χ1) is 6.13. The average molecular weight is 198 g/mol. The highest BCUT2D eigenvalue weighted by Crippen LogP contribution is 2.17. The molecule has 0 aliphatic heterocycles. The van der Waals surface area contributed by atoms with Gasteiger partial charge in [-0.3, -0.25) is 0 Å². The van der Waals surface area contributed by atoms with E-state index < -0.39 is 0 Å². The average Bonchev–Trinajstić information content (AvgIpc) is 2.03. The number of halogens is 1. The zero-order valence-electron chi connectivity index (χ0n) is 8.18. The van der Waals surface area contributed by atoms with Crippen molar-refractivity contribution in [3.8, 4) is 0 Å². The van der Waals surface area contributed by atoms with E-state index in [0.717, 1.165) is 17.9 Å². The van der Waals surface area contributed by atoms with Crippen LogP contribution in [0.1, 0.15) is 25.0 Å². The van der Waals surface area contributed by atoms with Gasteiger partial charge in [0.15, 0.2) is 0 Å². The van der Waals surface area contributed by atoms with Gasteiger partial charge in [-0.05, 0) is 43.0 Å². The Morgan fingerprint density at radius 3 is 2.62 bits per heavy atom. The first-order valence-corrected chi connectivity index (χ1v) is 5.04. The lowest BCUT2D eigenvalue weighted by atomic mass is 10.00. The quantitative estimate of drug-likeness (QED) is 0.793. The van der Waals surface area contributed by atoms with E-state index >= 15 is 0 Å². The maximum atomic E-state index is 5.92. The van der Waals surface area contributed by atoms with Crippen LogP contribution < -0.4 is 5.73 Å². The van der Waals surface area contributed by atoms with Gasteiger partial charge in [0, 0.05) is 11.1 Å². The van der Waals surface area contributed by atoms with E-state index in [0.29, 0.717) is 0 Å². The topological polar surface area (TPSA) is 26.0 Å². The fourth-order valence-corrected chi connectivity index (χ4v) is 1.67. The maximum Gasteiger partial charge on any atom is 0.0408 e. The van der Waals surface area contributed by atoms with Crippen LogP contribution in [-0.2, 0) is 12.8 Å². The van der Waals surface area contributed by atoms with Gasteiger partial charge >= 0.3 is 0 Å². The van der Waals surface area contributed by atoms with Gasteiger partial charge in [-0.15, -0.1) is 0 Å². The molecule has 1 aromatic rings. The van der Waals surface area contributed by atoms with Crippen molar-refractivity contribution in [3.05, 3.63) is 34.3 Å². The Hall–Kier alpha value is -0.530. The highest BCUT2D eigenvalue weighted by molar-refractivity contribution is 6.30. The lowest BCUT2D eigenvalue weighted by Crippen LogP contribution is -2.18. The molecule has 1 nitrogen and oxygen atoms in total. The van der Waals surface area contributed by atoms with Crippen LogP contribution in [0.4, 0.5) is 0 Å². The number of hydrogen-bond donors (Lipinski definition) is 1. The number of rotatable bonds is 3. The summed E-state index contributed by atoms with van der Waals surface area (Å²) in [5.74, 6) is 0. The second kappa shape index (κ2) is 4.64. The van der Waals surface area contributed by atoms with E-state index in [1.54, 1.807) is 0 Å². The van der Waals surface area contributed by atoms with Gasteiger partial charge in [0.1, 0.15) is 0 Å². The Morgan fingerprint density at radius 1 is 1.38 bits per heavy atom. The first kappa shape index (κ1) is 10.6. The predicted molar refractivity (Wildman–Crippen MR) is 58.2 cm³/mol. The number of nitrogens with two attached hydrogens (primary N) is 1. The largest absolute Gasteiger partial charge is 0.328 e. The zero-order valence-corrected chi connectivity index (χ0v) is 8.93. The third kappa shape index (κ3) is 3.02. The molecular weight excluding hydrogens is 182 g/mol. The molecule has 1 rings (SSSR count). The molecule has 1 atom stereocenters. The van der Waals surface area contributed by atoms with E-state index in [1.165, 1.54) is 11.1 Å². The number of benzene rings is 1. The van der Waals surface area contributed by atoms with Gasteiger partial charge in [0.2, 0.25) is 0 Å². The molecular formula is C11H16ClN. The Balaban J connectivity index is 2.94. The molecule has 72 valence electrons. The monoisotopic (exact) mass is 197 g/mol. The van der Waals surface area contributed by atoms with E-state index in [2.05, 4.69) is 13.0 Å². The van der Waals surface area contributed by atoms with Gasteiger partial charge < -0.3 is 5.73 Å². The van der Waals surface area contributed by atoms with Crippen LogP contribution in [0.3, 0.4) is 0 Å². The lowest BCUT2D eigenvalue weighted by Gasteiger charge is -2.10. The molecule has 13 heavy (non-hydrogen) atoms. The van der Waals surface area contributed by atoms with Crippen LogP contribution in [0.2, 0.25) is 5.02 Å². The highest BCUT2D eigenvalue weighted by atomic mass is 35.5. The van der Waals surface area contributed by atoms with E-state index in [-0.39, 0.29) is 6.04 Å². The maximum absolute atomic E-state index is 5.92. The van der Waals surface area contributed by atoms with Gasteiger partial charge in [0.05, 0.1) is 0 Å². The van der Waals surface area contributed by atoms with Crippen molar-refractivity contribution in [1.82, 2.24) is 0 Å². The van der Waals surface area contributed by atoms with Crippen molar-refractivity contribution < 1.29 is 0 Å². The Kier molecular flexibility index (Phi) is 3.76. The smallest absolute Gasteiger partial charge is 0.0408 e. The molecule has 0 saturated carbocycles. The molecule has 0 radical (unpaired) electrons. The Bertz CT molecular complexity index is 281. The predicted octanol–water partition coefficient (Wildman–Crippen LogP) is 2.79. The van der Waals surface area contributed by atoms with Crippen molar-refractivity contribution in [2.45, 2.75) is 32.7 Å². The minimum Gasteiger partial charge on any atom is -0.328 e. The summed E-state index contributed by atoms with van der Waals surface area (Å²) in [4.78, 5) is 0. The molecule has 0 aliphatic carbocycles. The second-order valence-corrected chi connectivity index (χ2v) is 3.88. The normalized spacial score (nSPS) is 12.9. The van der Waals surface area contributed by atoms with Crippen LogP contribution >= 0.6 is 11.6 Å². The molecule has 0 bridgehead atoms. The molecule has 0 spiro atoms. The van der Waals surface area contributed by atoms with E-state index in [1.807, 2.05) is 19.1 Å². The standard InChI is InChI=1S/C11H16ClN/c1-3-9-4-5-11(12)7-10(9)6-8(2)13/h4-5,7-8H,3,6,13H2,1-2H3. The van der Waals surface area contributed by atoms with Crippen LogP contribution in [0.5, 0.6) is 0 Å². The Morgan fingerprint density at radius 2 is 2.08 bits per heavy atom.